The van der Waals surface area contributed by atoms with Crippen molar-refractivity contribution < 1.29 is 17.9 Å². The summed E-state index contributed by atoms with van der Waals surface area (Å²) in [7, 11) is -3.73. The van der Waals surface area contributed by atoms with Crippen LogP contribution in [0.3, 0.4) is 0 Å². The average Bonchev–Trinajstić information content (AvgIpc) is 2.77. The molecule has 0 aliphatic carbocycles. The van der Waals surface area contributed by atoms with Crippen LogP contribution in [0.2, 0.25) is 0 Å². The van der Waals surface area contributed by atoms with Crippen molar-refractivity contribution in [2.24, 2.45) is 0 Å². The molecule has 0 saturated carbocycles. The second-order valence-electron chi connectivity index (χ2n) is 4.64. The highest BCUT2D eigenvalue weighted by Crippen LogP contribution is 2.25. The largest absolute Gasteiger partial charge is 0.462 e. The summed E-state index contributed by atoms with van der Waals surface area (Å²) in [6, 6.07) is 6.76. The molecular weight excluding hydrogens is 278 g/mol. The first kappa shape index (κ1) is 14.6. The Labute approximate surface area is 118 Å². The van der Waals surface area contributed by atoms with E-state index < -0.39 is 10.0 Å². The summed E-state index contributed by atoms with van der Waals surface area (Å²) in [5.74, 6) is 0.482. The molecule has 1 aromatic carbocycles. The van der Waals surface area contributed by atoms with Crippen molar-refractivity contribution in [3.05, 3.63) is 46.9 Å². The molecular formula is C14H17NO4S. The van der Waals surface area contributed by atoms with Crippen molar-refractivity contribution in [3.8, 4) is 0 Å². The van der Waals surface area contributed by atoms with Crippen LogP contribution >= 0.6 is 0 Å². The Bertz CT molecular complexity index is 732. The number of anilines is 1. The lowest BCUT2D eigenvalue weighted by atomic mass is 10.1. The molecule has 6 heteroatoms. The van der Waals surface area contributed by atoms with Crippen LogP contribution in [-0.2, 0) is 16.6 Å². The summed E-state index contributed by atoms with van der Waals surface area (Å²) in [6.07, 6.45) is 0. The van der Waals surface area contributed by atoms with Gasteiger partial charge < -0.3 is 9.52 Å². The minimum Gasteiger partial charge on any atom is -0.462 e. The second kappa shape index (κ2) is 5.30. The molecule has 1 heterocycles. The van der Waals surface area contributed by atoms with Gasteiger partial charge in [0.25, 0.3) is 10.0 Å². The number of rotatable bonds is 4. The number of benzene rings is 1. The van der Waals surface area contributed by atoms with Crippen molar-refractivity contribution in [2.45, 2.75) is 32.3 Å². The van der Waals surface area contributed by atoms with Crippen LogP contribution in [0, 0.1) is 20.8 Å². The van der Waals surface area contributed by atoms with Gasteiger partial charge in [-0.25, -0.2) is 8.42 Å². The lowest BCUT2D eigenvalue weighted by molar-refractivity contribution is 0.245. The second-order valence-corrected chi connectivity index (χ2v) is 6.30. The molecule has 0 unspecified atom stereocenters. The molecule has 108 valence electrons. The highest BCUT2D eigenvalue weighted by Gasteiger charge is 2.22. The number of aryl methyl sites for hydroxylation is 2. The maximum Gasteiger partial charge on any atom is 0.265 e. The van der Waals surface area contributed by atoms with E-state index in [1.807, 2.05) is 19.9 Å². The Kier molecular flexibility index (Phi) is 3.87. The van der Waals surface area contributed by atoms with Gasteiger partial charge in [0, 0.05) is 6.07 Å². The Hall–Kier alpha value is -1.79. The number of aliphatic hydroxyl groups excluding tert-OH is 1. The minimum absolute atomic E-state index is 0.0439. The first-order valence-corrected chi connectivity index (χ1v) is 7.62. The van der Waals surface area contributed by atoms with E-state index in [9.17, 15) is 8.42 Å². The zero-order valence-corrected chi connectivity index (χ0v) is 12.4. The summed E-state index contributed by atoms with van der Waals surface area (Å²) >= 11 is 0. The van der Waals surface area contributed by atoms with Gasteiger partial charge in [-0.3, -0.25) is 4.72 Å². The Balaban J connectivity index is 2.40. The van der Waals surface area contributed by atoms with E-state index in [4.69, 9.17) is 9.52 Å². The zero-order valence-electron chi connectivity index (χ0n) is 11.6. The van der Waals surface area contributed by atoms with E-state index in [0.717, 1.165) is 11.1 Å². The van der Waals surface area contributed by atoms with Crippen LogP contribution in [0.5, 0.6) is 0 Å². The summed E-state index contributed by atoms with van der Waals surface area (Å²) in [4.78, 5) is 0.0439. The van der Waals surface area contributed by atoms with E-state index in [1.165, 1.54) is 6.07 Å². The molecule has 0 amide bonds. The fourth-order valence-electron chi connectivity index (χ4n) is 1.93. The summed E-state index contributed by atoms with van der Waals surface area (Å²) in [6.45, 7) is 4.99. The third-order valence-electron chi connectivity index (χ3n) is 3.22. The van der Waals surface area contributed by atoms with Crippen molar-refractivity contribution in [1.29, 1.82) is 0 Å². The van der Waals surface area contributed by atoms with Crippen LogP contribution in [0.1, 0.15) is 22.6 Å². The van der Waals surface area contributed by atoms with Gasteiger partial charge in [0.2, 0.25) is 0 Å². The quantitative estimate of drug-likeness (QED) is 0.908. The van der Waals surface area contributed by atoms with Crippen LogP contribution in [0.4, 0.5) is 5.69 Å². The molecule has 1 aromatic heterocycles. The highest BCUT2D eigenvalue weighted by molar-refractivity contribution is 7.92. The molecule has 0 radical (unpaired) electrons. The minimum atomic E-state index is -3.73. The summed E-state index contributed by atoms with van der Waals surface area (Å²) in [5, 5.41) is 9.00. The SMILES string of the molecule is Cc1cccc(NS(=O)(=O)c2cc(CO)oc2C)c1C. The van der Waals surface area contributed by atoms with Crippen LogP contribution < -0.4 is 4.72 Å². The predicted octanol–water partition coefficient (Wildman–Crippen LogP) is 2.50. The van der Waals surface area contributed by atoms with Gasteiger partial charge in [0.05, 0.1) is 5.69 Å². The van der Waals surface area contributed by atoms with E-state index >= 15 is 0 Å². The first-order chi connectivity index (χ1) is 9.35. The molecule has 0 bridgehead atoms. The monoisotopic (exact) mass is 295 g/mol. The predicted molar refractivity (Wildman–Crippen MR) is 76.1 cm³/mol. The van der Waals surface area contributed by atoms with E-state index in [0.29, 0.717) is 5.69 Å². The molecule has 0 atom stereocenters. The highest BCUT2D eigenvalue weighted by atomic mass is 32.2. The van der Waals surface area contributed by atoms with Crippen LogP contribution in [-0.4, -0.2) is 13.5 Å². The van der Waals surface area contributed by atoms with Gasteiger partial charge in [-0.05, 0) is 38.0 Å². The van der Waals surface area contributed by atoms with Crippen molar-refractivity contribution >= 4 is 15.7 Å². The van der Waals surface area contributed by atoms with Gasteiger partial charge >= 0.3 is 0 Å². The number of hydrogen-bond donors (Lipinski definition) is 2. The van der Waals surface area contributed by atoms with Gasteiger partial charge in [-0.1, -0.05) is 12.1 Å². The Morgan fingerprint density at radius 3 is 2.55 bits per heavy atom. The molecule has 2 aromatic rings. The fraction of sp³-hybridized carbons (Fsp3) is 0.286. The normalized spacial score (nSPS) is 11.6. The van der Waals surface area contributed by atoms with E-state index in [1.54, 1.807) is 19.1 Å². The topological polar surface area (TPSA) is 79.5 Å². The first-order valence-electron chi connectivity index (χ1n) is 6.14. The number of sulfonamides is 1. The Morgan fingerprint density at radius 1 is 1.25 bits per heavy atom. The number of nitrogens with one attached hydrogen (secondary N) is 1. The fourth-order valence-corrected chi connectivity index (χ4v) is 3.26. The third-order valence-corrected chi connectivity index (χ3v) is 4.69. The van der Waals surface area contributed by atoms with E-state index in [-0.39, 0.29) is 23.0 Å². The Morgan fingerprint density at radius 2 is 1.95 bits per heavy atom. The molecule has 2 N–H and O–H groups in total. The lowest BCUT2D eigenvalue weighted by Crippen LogP contribution is -2.14. The van der Waals surface area contributed by atoms with Crippen molar-refractivity contribution in [2.75, 3.05) is 4.72 Å². The molecule has 5 nitrogen and oxygen atoms in total. The molecule has 0 spiro atoms. The smallest absolute Gasteiger partial charge is 0.265 e. The van der Waals surface area contributed by atoms with Gasteiger partial charge in [-0.2, -0.15) is 0 Å². The lowest BCUT2D eigenvalue weighted by Gasteiger charge is -2.11. The van der Waals surface area contributed by atoms with Gasteiger partial charge in [0.15, 0.2) is 0 Å². The molecule has 20 heavy (non-hydrogen) atoms. The molecule has 0 saturated heterocycles. The molecule has 0 fully saturated rings. The average molecular weight is 295 g/mol. The van der Waals surface area contributed by atoms with Crippen molar-refractivity contribution in [3.63, 3.8) is 0 Å². The maximum absolute atomic E-state index is 12.4. The number of aliphatic hydroxyl groups is 1. The summed E-state index contributed by atoms with van der Waals surface area (Å²) < 4.78 is 32.5. The zero-order chi connectivity index (χ0) is 14.9. The van der Waals surface area contributed by atoms with Crippen molar-refractivity contribution in [1.82, 2.24) is 0 Å². The van der Waals surface area contributed by atoms with Gasteiger partial charge in [-0.15, -0.1) is 0 Å². The number of furan rings is 1. The van der Waals surface area contributed by atoms with Gasteiger partial charge in [0.1, 0.15) is 23.0 Å². The van der Waals surface area contributed by atoms with E-state index in [2.05, 4.69) is 4.72 Å². The summed E-state index contributed by atoms with van der Waals surface area (Å²) in [5.41, 5.74) is 2.42. The van der Waals surface area contributed by atoms with Crippen LogP contribution in [0.25, 0.3) is 0 Å². The molecule has 0 aliphatic heterocycles. The third kappa shape index (κ3) is 2.71. The molecule has 0 aliphatic rings. The molecule has 2 rings (SSSR count). The maximum atomic E-state index is 12.4. The standard InChI is InChI=1S/C14H17NO4S/c1-9-5-4-6-13(10(9)2)15-20(17,18)14-7-12(8-16)19-11(14)3/h4-7,15-16H,8H2,1-3H3. The van der Waals surface area contributed by atoms with Crippen LogP contribution in [0.15, 0.2) is 33.6 Å². The number of hydrogen-bond acceptors (Lipinski definition) is 4.